The fourth-order valence-electron chi connectivity index (χ4n) is 6.33. The standard InChI is InChI=1S/C59H92O5/c1-3-5-7-9-11-13-15-17-19-21-23-25-26-27-28-29-30-31-32-34-36-38-40-42-44-46-48-50-52-54-59(62)64-57(55-60)56-63-58(61)53-51-49-47-45-43-41-39-37-35-33-24-22-20-18-16-14-12-10-8-6-4-2/h5,7,11,13,16-19,22-25,27-28,30-31,34-37,40,42,46,48,57,60H,3-4,6,8-10,12,14-15,20-21,26,29,32-33,38-39,41,43-45,47,49-56H2,1-2H3/b7-5-,13-11-,18-16-,19-17-,24-22-,25-23-,28-27-,31-30-,36-34-,37-35-,42-40-,48-46-. The summed E-state index contributed by atoms with van der Waals surface area (Å²) in [5.74, 6) is -0.688. The summed E-state index contributed by atoms with van der Waals surface area (Å²) in [6.07, 6.45) is 80.8. The molecule has 0 aromatic carbocycles. The maximum Gasteiger partial charge on any atom is 0.306 e. The van der Waals surface area contributed by atoms with E-state index < -0.39 is 6.10 Å². The second kappa shape index (κ2) is 53.1. The summed E-state index contributed by atoms with van der Waals surface area (Å²) in [4.78, 5) is 24.4. The molecule has 0 aliphatic carbocycles. The van der Waals surface area contributed by atoms with Gasteiger partial charge in [0, 0.05) is 12.8 Å². The molecule has 5 nitrogen and oxygen atoms in total. The molecule has 0 saturated carbocycles. The highest BCUT2D eigenvalue weighted by Crippen LogP contribution is 2.11. The lowest BCUT2D eigenvalue weighted by molar-refractivity contribution is -0.161. The number of unbranched alkanes of at least 4 members (excludes halogenated alkanes) is 12. The number of aliphatic hydroxyl groups is 1. The largest absolute Gasteiger partial charge is 0.462 e. The van der Waals surface area contributed by atoms with E-state index in [0.717, 1.165) is 103 Å². The summed E-state index contributed by atoms with van der Waals surface area (Å²) in [5.41, 5.74) is 0. The first-order valence-electron chi connectivity index (χ1n) is 25.4. The van der Waals surface area contributed by atoms with Gasteiger partial charge in [-0.2, -0.15) is 0 Å². The molecule has 5 heteroatoms. The van der Waals surface area contributed by atoms with E-state index in [-0.39, 0.29) is 31.6 Å². The van der Waals surface area contributed by atoms with Gasteiger partial charge in [0.25, 0.3) is 0 Å². The molecule has 358 valence electrons. The van der Waals surface area contributed by atoms with Crippen molar-refractivity contribution in [2.75, 3.05) is 13.2 Å². The van der Waals surface area contributed by atoms with Crippen LogP contribution in [0.1, 0.15) is 194 Å². The Morgan fingerprint density at radius 1 is 0.375 bits per heavy atom. The zero-order valence-corrected chi connectivity index (χ0v) is 40.7. The number of esters is 2. The molecular weight excluding hydrogens is 789 g/mol. The van der Waals surface area contributed by atoms with Crippen molar-refractivity contribution in [3.05, 3.63) is 146 Å². The molecule has 0 aromatic rings. The van der Waals surface area contributed by atoms with E-state index in [2.05, 4.69) is 160 Å². The molecule has 1 atom stereocenters. The SMILES string of the molecule is CC/C=C\C/C=C\C/C=C\C/C=C\C/C=C\C/C=C\C/C=C\C/C=C\C/C=C\CCCC(=O)OC(CO)COC(=O)CCCCCCCC/C=C\C/C=C\C/C=C\CCCCCCC. The minimum absolute atomic E-state index is 0.107. The summed E-state index contributed by atoms with van der Waals surface area (Å²) >= 11 is 0. The highest BCUT2D eigenvalue weighted by molar-refractivity contribution is 5.70. The molecule has 0 aromatic heterocycles. The molecule has 0 radical (unpaired) electrons. The minimum Gasteiger partial charge on any atom is -0.462 e. The van der Waals surface area contributed by atoms with Crippen molar-refractivity contribution in [1.82, 2.24) is 0 Å². The number of hydrogen-bond donors (Lipinski definition) is 1. The summed E-state index contributed by atoms with van der Waals surface area (Å²) in [5, 5.41) is 9.62. The van der Waals surface area contributed by atoms with E-state index in [1.165, 1.54) is 57.8 Å². The van der Waals surface area contributed by atoms with Crippen LogP contribution in [0.25, 0.3) is 0 Å². The van der Waals surface area contributed by atoms with Gasteiger partial charge in [-0.25, -0.2) is 0 Å². The first-order valence-corrected chi connectivity index (χ1v) is 25.4. The maximum atomic E-state index is 12.2. The Morgan fingerprint density at radius 3 is 1.06 bits per heavy atom. The van der Waals surface area contributed by atoms with Crippen molar-refractivity contribution in [1.29, 1.82) is 0 Å². The van der Waals surface area contributed by atoms with Crippen molar-refractivity contribution in [3.63, 3.8) is 0 Å². The van der Waals surface area contributed by atoms with E-state index in [1.54, 1.807) is 0 Å². The van der Waals surface area contributed by atoms with Gasteiger partial charge in [-0.05, 0) is 116 Å². The van der Waals surface area contributed by atoms with Gasteiger partial charge in [0.1, 0.15) is 6.61 Å². The van der Waals surface area contributed by atoms with E-state index >= 15 is 0 Å². The number of aliphatic hydroxyl groups excluding tert-OH is 1. The first kappa shape index (κ1) is 59.8. The summed E-state index contributed by atoms with van der Waals surface area (Å²) in [7, 11) is 0. The molecule has 0 fully saturated rings. The molecule has 64 heavy (non-hydrogen) atoms. The van der Waals surface area contributed by atoms with Crippen molar-refractivity contribution in [2.45, 2.75) is 200 Å². The topological polar surface area (TPSA) is 72.8 Å². The number of hydrogen-bond acceptors (Lipinski definition) is 5. The molecule has 0 heterocycles. The first-order chi connectivity index (χ1) is 31.6. The second-order valence-corrected chi connectivity index (χ2v) is 16.2. The van der Waals surface area contributed by atoms with E-state index in [1.807, 2.05) is 0 Å². The van der Waals surface area contributed by atoms with Crippen LogP contribution in [0, 0.1) is 0 Å². The highest BCUT2D eigenvalue weighted by atomic mass is 16.6. The zero-order chi connectivity index (χ0) is 46.3. The van der Waals surface area contributed by atoms with Crippen molar-refractivity contribution in [3.8, 4) is 0 Å². The normalized spacial score (nSPS) is 13.5. The lowest BCUT2D eigenvalue weighted by Gasteiger charge is -2.15. The smallest absolute Gasteiger partial charge is 0.306 e. The summed E-state index contributed by atoms with van der Waals surface area (Å²) in [6.45, 7) is 3.94. The lowest BCUT2D eigenvalue weighted by Crippen LogP contribution is -2.28. The third-order valence-corrected chi connectivity index (χ3v) is 10.1. The zero-order valence-electron chi connectivity index (χ0n) is 40.7. The number of ether oxygens (including phenoxy) is 2. The number of carbonyl (C=O) groups is 2. The van der Waals surface area contributed by atoms with Gasteiger partial charge in [0.2, 0.25) is 0 Å². The van der Waals surface area contributed by atoms with Crippen LogP contribution in [0.5, 0.6) is 0 Å². The fourth-order valence-corrected chi connectivity index (χ4v) is 6.33. The average Bonchev–Trinajstić information content (AvgIpc) is 3.30. The van der Waals surface area contributed by atoms with Crippen molar-refractivity contribution < 1.29 is 24.2 Å². The molecule has 0 amide bonds. The molecule has 0 aliphatic rings. The Hall–Kier alpha value is -4.22. The van der Waals surface area contributed by atoms with Gasteiger partial charge in [-0.3, -0.25) is 9.59 Å². The monoisotopic (exact) mass is 881 g/mol. The summed E-state index contributed by atoms with van der Waals surface area (Å²) < 4.78 is 10.6. The van der Waals surface area contributed by atoms with Crippen molar-refractivity contribution >= 4 is 11.9 Å². The van der Waals surface area contributed by atoms with Crippen LogP contribution < -0.4 is 0 Å². The van der Waals surface area contributed by atoms with Crippen LogP contribution in [-0.4, -0.2) is 36.4 Å². The number of rotatable bonds is 44. The Kier molecular flexibility index (Phi) is 49.6. The van der Waals surface area contributed by atoms with Gasteiger partial charge >= 0.3 is 11.9 Å². The Balaban J connectivity index is 3.73. The lowest BCUT2D eigenvalue weighted by atomic mass is 10.1. The van der Waals surface area contributed by atoms with Gasteiger partial charge in [-0.15, -0.1) is 0 Å². The molecule has 0 aliphatic heterocycles. The molecule has 0 saturated heterocycles. The van der Waals surface area contributed by atoms with Gasteiger partial charge in [0.05, 0.1) is 6.61 Å². The molecule has 0 spiro atoms. The molecule has 1 N–H and O–H groups in total. The van der Waals surface area contributed by atoms with Gasteiger partial charge < -0.3 is 14.6 Å². The maximum absolute atomic E-state index is 12.2. The highest BCUT2D eigenvalue weighted by Gasteiger charge is 2.16. The van der Waals surface area contributed by atoms with Gasteiger partial charge in [-0.1, -0.05) is 211 Å². The van der Waals surface area contributed by atoms with Crippen LogP contribution in [0.4, 0.5) is 0 Å². The third kappa shape index (κ3) is 50.4. The predicted octanol–water partition coefficient (Wildman–Crippen LogP) is 17.1. The Labute approximate surface area is 393 Å². The number of allylic oxidation sites excluding steroid dienone is 24. The Morgan fingerprint density at radius 2 is 0.688 bits per heavy atom. The second-order valence-electron chi connectivity index (χ2n) is 16.2. The van der Waals surface area contributed by atoms with E-state index in [9.17, 15) is 14.7 Å². The fraction of sp³-hybridized carbons (Fsp3) is 0.559. The molecule has 1 unspecified atom stereocenters. The third-order valence-electron chi connectivity index (χ3n) is 10.1. The average molecular weight is 881 g/mol. The van der Waals surface area contributed by atoms with Crippen LogP contribution in [0.15, 0.2) is 146 Å². The van der Waals surface area contributed by atoms with Crippen LogP contribution in [0.2, 0.25) is 0 Å². The quantitative estimate of drug-likeness (QED) is 0.0375. The van der Waals surface area contributed by atoms with E-state index in [4.69, 9.17) is 9.47 Å². The summed E-state index contributed by atoms with van der Waals surface area (Å²) in [6, 6.07) is 0. The van der Waals surface area contributed by atoms with Crippen molar-refractivity contribution in [2.24, 2.45) is 0 Å². The molecule has 0 bridgehead atoms. The van der Waals surface area contributed by atoms with Crippen LogP contribution in [0.3, 0.4) is 0 Å². The Bertz CT molecular complexity index is 1410. The van der Waals surface area contributed by atoms with Gasteiger partial charge in [0.15, 0.2) is 6.10 Å². The number of carbonyl (C=O) groups excluding carboxylic acids is 2. The minimum atomic E-state index is -0.821. The molecule has 0 rings (SSSR count). The van der Waals surface area contributed by atoms with E-state index in [0.29, 0.717) is 12.8 Å². The predicted molar refractivity (Wildman–Crippen MR) is 278 cm³/mol. The molecular formula is C59H92O5. The van der Waals surface area contributed by atoms with Crippen LogP contribution >= 0.6 is 0 Å². The van der Waals surface area contributed by atoms with Crippen LogP contribution in [-0.2, 0) is 19.1 Å².